The first-order chi connectivity index (χ1) is 14.4. The Kier molecular flexibility index (Phi) is 5.86. The van der Waals surface area contributed by atoms with Gasteiger partial charge in [0.2, 0.25) is 10.8 Å². The van der Waals surface area contributed by atoms with Crippen molar-refractivity contribution in [2.24, 2.45) is 0 Å². The van der Waals surface area contributed by atoms with Crippen LogP contribution in [0.1, 0.15) is 43.1 Å². The number of hydrogen-bond acceptors (Lipinski definition) is 8. The Hall–Kier alpha value is -2.36. The molecule has 0 aliphatic carbocycles. The highest BCUT2D eigenvalue weighted by Gasteiger charge is 2.34. The molecular weight excluding hydrogens is 404 g/mol. The van der Waals surface area contributed by atoms with Crippen molar-refractivity contribution in [2.75, 3.05) is 26.8 Å². The van der Waals surface area contributed by atoms with Crippen LogP contribution in [0.15, 0.2) is 18.2 Å². The van der Waals surface area contributed by atoms with Gasteiger partial charge in [-0.3, -0.25) is 4.90 Å². The highest BCUT2D eigenvalue weighted by atomic mass is 32.1. The summed E-state index contributed by atoms with van der Waals surface area (Å²) in [7, 11) is 1.64. The SMILES string of the molecule is CCOc1ccc([C@H](c2sc3nc(C)nn3c2O)N2C[C@@H](C)O[C@H](C)C2)cc1OC. The Morgan fingerprint density at radius 2 is 2.00 bits per heavy atom. The fourth-order valence-corrected chi connectivity index (χ4v) is 5.27. The van der Waals surface area contributed by atoms with E-state index < -0.39 is 0 Å². The number of rotatable bonds is 6. The van der Waals surface area contributed by atoms with Crippen LogP contribution in [0, 0.1) is 6.92 Å². The van der Waals surface area contributed by atoms with Crippen LogP contribution in [0.4, 0.5) is 0 Å². The van der Waals surface area contributed by atoms with Gasteiger partial charge in [0.05, 0.1) is 36.8 Å². The molecule has 1 aliphatic rings. The minimum Gasteiger partial charge on any atom is -0.493 e. The van der Waals surface area contributed by atoms with Gasteiger partial charge in [-0.1, -0.05) is 17.4 Å². The lowest BCUT2D eigenvalue weighted by molar-refractivity contribution is -0.0764. The second-order valence-electron chi connectivity index (χ2n) is 7.60. The molecule has 3 atom stereocenters. The molecule has 30 heavy (non-hydrogen) atoms. The summed E-state index contributed by atoms with van der Waals surface area (Å²) in [5.74, 6) is 2.13. The molecule has 1 N–H and O–H groups in total. The Bertz CT molecular complexity index is 1020. The van der Waals surface area contributed by atoms with Gasteiger partial charge in [0.1, 0.15) is 5.82 Å². The van der Waals surface area contributed by atoms with E-state index >= 15 is 0 Å². The second kappa shape index (κ2) is 8.41. The zero-order valence-corrected chi connectivity index (χ0v) is 18.8. The Morgan fingerprint density at radius 3 is 2.63 bits per heavy atom. The standard InChI is InChI=1S/C21H28N4O4S/c1-6-28-16-8-7-15(9-17(16)27-5)18(24-10-12(2)29-13(3)11-24)19-20(26)25-21(30-19)22-14(4)23-25/h7-9,12-13,18,26H,6,10-11H2,1-5H3/t12-,13-,18-/m1/s1. The van der Waals surface area contributed by atoms with Gasteiger partial charge in [-0.2, -0.15) is 4.52 Å². The summed E-state index contributed by atoms with van der Waals surface area (Å²) in [4.78, 5) is 8.26. The van der Waals surface area contributed by atoms with Crippen molar-refractivity contribution < 1.29 is 19.3 Å². The molecule has 162 valence electrons. The smallest absolute Gasteiger partial charge is 0.230 e. The predicted octanol–water partition coefficient (Wildman–Crippen LogP) is 3.41. The first-order valence-corrected chi connectivity index (χ1v) is 11.0. The number of ether oxygens (including phenoxy) is 3. The quantitative estimate of drug-likeness (QED) is 0.639. The van der Waals surface area contributed by atoms with Crippen LogP contribution < -0.4 is 9.47 Å². The van der Waals surface area contributed by atoms with E-state index in [2.05, 4.69) is 28.8 Å². The van der Waals surface area contributed by atoms with E-state index in [1.807, 2.05) is 32.0 Å². The molecule has 1 aliphatic heterocycles. The van der Waals surface area contributed by atoms with Gasteiger partial charge < -0.3 is 19.3 Å². The van der Waals surface area contributed by atoms with Crippen LogP contribution in [-0.2, 0) is 4.74 Å². The fourth-order valence-electron chi connectivity index (χ4n) is 4.11. The van der Waals surface area contributed by atoms with E-state index in [0.29, 0.717) is 28.9 Å². The fraction of sp³-hybridized carbons (Fsp3) is 0.524. The largest absolute Gasteiger partial charge is 0.493 e. The highest BCUT2D eigenvalue weighted by Crippen LogP contribution is 2.43. The maximum absolute atomic E-state index is 11.0. The lowest BCUT2D eigenvalue weighted by atomic mass is 10.0. The lowest BCUT2D eigenvalue weighted by Crippen LogP contribution is -2.47. The second-order valence-corrected chi connectivity index (χ2v) is 8.61. The van der Waals surface area contributed by atoms with Crippen molar-refractivity contribution in [1.29, 1.82) is 0 Å². The van der Waals surface area contributed by atoms with Gasteiger partial charge in [0, 0.05) is 13.1 Å². The number of benzene rings is 1. The number of aryl methyl sites for hydroxylation is 1. The first-order valence-electron chi connectivity index (χ1n) is 10.2. The first kappa shape index (κ1) is 20.9. The predicted molar refractivity (Wildman–Crippen MR) is 115 cm³/mol. The summed E-state index contributed by atoms with van der Waals surface area (Å²) in [5, 5.41) is 15.4. The molecule has 1 fully saturated rings. The summed E-state index contributed by atoms with van der Waals surface area (Å²) < 4.78 is 18.7. The molecule has 0 spiro atoms. The summed E-state index contributed by atoms with van der Waals surface area (Å²) in [6.07, 6.45) is 0.180. The van der Waals surface area contributed by atoms with Gasteiger partial charge in [0.25, 0.3) is 0 Å². The molecule has 0 bridgehead atoms. The summed E-state index contributed by atoms with van der Waals surface area (Å²) in [6, 6.07) is 5.76. The molecular formula is C21H28N4O4S. The van der Waals surface area contributed by atoms with Gasteiger partial charge in [0.15, 0.2) is 11.5 Å². The number of nitrogens with zero attached hydrogens (tertiary/aromatic N) is 4. The minimum atomic E-state index is -0.183. The van der Waals surface area contributed by atoms with E-state index in [-0.39, 0.29) is 24.1 Å². The third-order valence-electron chi connectivity index (χ3n) is 5.17. The number of fused-ring (bicyclic) bond motifs is 1. The molecule has 8 nitrogen and oxygen atoms in total. The highest BCUT2D eigenvalue weighted by molar-refractivity contribution is 7.17. The van der Waals surface area contributed by atoms with Gasteiger partial charge in [-0.25, -0.2) is 4.98 Å². The molecule has 3 heterocycles. The number of methoxy groups -OCH3 is 1. The molecule has 1 saturated heterocycles. The Morgan fingerprint density at radius 1 is 1.27 bits per heavy atom. The number of aromatic nitrogens is 3. The van der Waals surface area contributed by atoms with Gasteiger partial charge >= 0.3 is 0 Å². The van der Waals surface area contributed by atoms with Crippen molar-refractivity contribution >= 4 is 16.3 Å². The van der Waals surface area contributed by atoms with E-state index in [1.165, 1.54) is 15.9 Å². The average molecular weight is 433 g/mol. The minimum absolute atomic E-state index is 0.0902. The van der Waals surface area contributed by atoms with Gasteiger partial charge in [-0.15, -0.1) is 5.10 Å². The third kappa shape index (κ3) is 3.84. The number of morpholine rings is 1. The zero-order chi connectivity index (χ0) is 21.4. The lowest BCUT2D eigenvalue weighted by Gasteiger charge is -2.40. The van der Waals surface area contributed by atoms with Crippen molar-refractivity contribution in [1.82, 2.24) is 19.5 Å². The van der Waals surface area contributed by atoms with Crippen LogP contribution in [0.2, 0.25) is 0 Å². The number of aromatic hydroxyl groups is 1. The molecule has 4 rings (SSSR count). The van der Waals surface area contributed by atoms with Crippen molar-refractivity contribution in [3.05, 3.63) is 34.5 Å². The molecule has 1 aromatic carbocycles. The number of hydrogen-bond donors (Lipinski definition) is 1. The Labute approximate surface area is 180 Å². The molecule has 0 saturated carbocycles. The molecule has 3 aromatic rings. The van der Waals surface area contributed by atoms with Crippen LogP contribution in [0.3, 0.4) is 0 Å². The number of thiazole rings is 1. The summed E-state index contributed by atoms with van der Waals surface area (Å²) in [5.41, 5.74) is 1.01. The molecule has 0 amide bonds. The van der Waals surface area contributed by atoms with E-state index in [0.717, 1.165) is 23.5 Å². The van der Waals surface area contributed by atoms with Crippen molar-refractivity contribution in [3.63, 3.8) is 0 Å². The Balaban J connectivity index is 1.83. The molecule has 0 unspecified atom stereocenters. The molecule has 9 heteroatoms. The van der Waals surface area contributed by atoms with Crippen LogP contribution >= 0.6 is 11.3 Å². The van der Waals surface area contributed by atoms with Crippen LogP contribution in [-0.4, -0.2) is 63.6 Å². The van der Waals surface area contributed by atoms with E-state index in [1.54, 1.807) is 7.11 Å². The topological polar surface area (TPSA) is 81.4 Å². The third-order valence-corrected chi connectivity index (χ3v) is 6.24. The maximum Gasteiger partial charge on any atom is 0.230 e. The average Bonchev–Trinajstić information content (AvgIpc) is 3.20. The maximum atomic E-state index is 11.0. The van der Waals surface area contributed by atoms with Crippen LogP contribution in [0.25, 0.3) is 4.96 Å². The summed E-state index contributed by atoms with van der Waals surface area (Å²) in [6.45, 7) is 9.97. The van der Waals surface area contributed by atoms with E-state index in [9.17, 15) is 5.11 Å². The van der Waals surface area contributed by atoms with Gasteiger partial charge in [-0.05, 0) is 45.4 Å². The van der Waals surface area contributed by atoms with Crippen molar-refractivity contribution in [2.45, 2.75) is 45.9 Å². The summed E-state index contributed by atoms with van der Waals surface area (Å²) >= 11 is 1.46. The normalized spacial score (nSPS) is 21.1. The molecule has 0 radical (unpaired) electrons. The monoisotopic (exact) mass is 432 g/mol. The zero-order valence-electron chi connectivity index (χ0n) is 18.0. The van der Waals surface area contributed by atoms with Crippen LogP contribution in [0.5, 0.6) is 17.4 Å². The van der Waals surface area contributed by atoms with Crippen molar-refractivity contribution in [3.8, 4) is 17.4 Å². The molecule has 2 aromatic heterocycles. The van der Waals surface area contributed by atoms with E-state index in [4.69, 9.17) is 14.2 Å².